The Morgan fingerprint density at radius 2 is 2.00 bits per heavy atom. The number of rotatable bonds is 7. The van der Waals surface area contributed by atoms with Gasteiger partial charge in [0.15, 0.2) is 5.82 Å². The van der Waals surface area contributed by atoms with Crippen molar-refractivity contribution in [2.75, 3.05) is 23.7 Å². The number of piperidine rings is 1. The lowest BCUT2D eigenvalue weighted by molar-refractivity contribution is 0.243. The standard InChI is InChI=1S/C26H31BClN5O3/c1-15(2)36-24-12-20(17-6-8-29-9-7-17)16(3)10-23(24)32-26-30-13-22(28)25(33-26)31-19-5-4-18-14-35-27(34)21(18)11-19/h4-5,10-13,15,17,29,34H,6-9,14H2,1-3H3,(H2,30,31,32,33). The highest BCUT2D eigenvalue weighted by molar-refractivity contribution is 6.61. The SMILES string of the molecule is Cc1cc(Nc2ncc(Cl)c(Nc3ccc4c(c3)B(O)OC4)n2)c(OC(C)C)cc1C1CCNCC1. The van der Waals surface area contributed by atoms with Crippen molar-refractivity contribution in [3.8, 4) is 5.75 Å². The van der Waals surface area contributed by atoms with E-state index in [1.807, 2.05) is 32.0 Å². The lowest BCUT2D eigenvalue weighted by atomic mass is 9.79. The van der Waals surface area contributed by atoms with E-state index in [2.05, 4.69) is 45.0 Å². The van der Waals surface area contributed by atoms with Crippen molar-refractivity contribution in [2.24, 2.45) is 0 Å². The number of nitrogens with zero attached hydrogens (tertiary/aromatic N) is 2. The van der Waals surface area contributed by atoms with Gasteiger partial charge in [0.25, 0.3) is 0 Å². The van der Waals surface area contributed by atoms with Crippen LogP contribution in [0.25, 0.3) is 0 Å². The Hall–Kier alpha value is -2.85. The molecule has 3 aromatic rings. The van der Waals surface area contributed by atoms with E-state index in [1.54, 1.807) is 6.20 Å². The molecule has 0 atom stereocenters. The van der Waals surface area contributed by atoms with Gasteiger partial charge in [-0.05, 0) is 99.0 Å². The monoisotopic (exact) mass is 507 g/mol. The largest absolute Gasteiger partial charge is 0.491 e. The number of hydrogen-bond acceptors (Lipinski definition) is 8. The summed E-state index contributed by atoms with van der Waals surface area (Å²) < 4.78 is 11.5. The normalized spacial score (nSPS) is 15.8. The summed E-state index contributed by atoms with van der Waals surface area (Å²) in [6, 6.07) is 9.95. The van der Waals surface area contributed by atoms with Crippen molar-refractivity contribution in [1.82, 2.24) is 15.3 Å². The molecular formula is C26H31BClN5O3. The molecule has 0 saturated carbocycles. The van der Waals surface area contributed by atoms with Crippen LogP contribution in [-0.2, 0) is 11.3 Å². The number of halogens is 1. The first kappa shape index (κ1) is 24.8. The Morgan fingerprint density at radius 3 is 2.78 bits per heavy atom. The van der Waals surface area contributed by atoms with Crippen LogP contribution in [0.4, 0.5) is 23.1 Å². The molecule has 4 N–H and O–H groups in total. The Labute approximate surface area is 216 Å². The molecule has 36 heavy (non-hydrogen) atoms. The fraction of sp³-hybridized carbons (Fsp3) is 0.385. The minimum Gasteiger partial charge on any atom is -0.489 e. The lowest BCUT2D eigenvalue weighted by Crippen LogP contribution is -2.28. The molecule has 2 aliphatic heterocycles. The quantitative estimate of drug-likeness (QED) is 0.349. The van der Waals surface area contributed by atoms with E-state index in [0.717, 1.165) is 54.1 Å². The summed E-state index contributed by atoms with van der Waals surface area (Å²) in [6.45, 7) is 8.66. The van der Waals surface area contributed by atoms with Gasteiger partial charge in [-0.2, -0.15) is 4.98 Å². The van der Waals surface area contributed by atoms with Gasteiger partial charge in [0.2, 0.25) is 5.95 Å². The van der Waals surface area contributed by atoms with Crippen LogP contribution in [0.3, 0.4) is 0 Å². The van der Waals surface area contributed by atoms with Gasteiger partial charge in [-0.3, -0.25) is 0 Å². The number of ether oxygens (including phenoxy) is 1. The molecule has 10 heteroatoms. The third-order valence-electron chi connectivity index (χ3n) is 6.57. The maximum Gasteiger partial charge on any atom is 0.491 e. The molecule has 0 spiro atoms. The molecule has 0 bridgehead atoms. The van der Waals surface area contributed by atoms with Crippen LogP contribution in [0.2, 0.25) is 5.02 Å². The molecular weight excluding hydrogens is 477 g/mol. The average molecular weight is 508 g/mol. The molecule has 0 unspecified atom stereocenters. The second kappa shape index (κ2) is 10.6. The maximum atomic E-state index is 10.0. The Bertz CT molecular complexity index is 1250. The van der Waals surface area contributed by atoms with Crippen molar-refractivity contribution in [1.29, 1.82) is 0 Å². The Morgan fingerprint density at radius 1 is 1.19 bits per heavy atom. The van der Waals surface area contributed by atoms with Gasteiger partial charge in [-0.1, -0.05) is 17.7 Å². The lowest BCUT2D eigenvalue weighted by Gasteiger charge is -2.26. The fourth-order valence-corrected chi connectivity index (χ4v) is 4.93. The molecule has 8 nitrogen and oxygen atoms in total. The number of aromatic nitrogens is 2. The predicted molar refractivity (Wildman–Crippen MR) is 144 cm³/mol. The summed E-state index contributed by atoms with van der Waals surface area (Å²) in [6.07, 6.45) is 3.83. The number of anilines is 4. The van der Waals surface area contributed by atoms with E-state index in [1.165, 1.54) is 11.1 Å². The topological polar surface area (TPSA) is 101 Å². The first-order valence-corrected chi connectivity index (χ1v) is 12.8. The molecule has 0 amide bonds. The summed E-state index contributed by atoms with van der Waals surface area (Å²) in [5.74, 6) is 2.16. The van der Waals surface area contributed by atoms with Gasteiger partial charge in [0.05, 0.1) is 24.6 Å². The first-order valence-electron chi connectivity index (χ1n) is 12.4. The smallest absolute Gasteiger partial charge is 0.489 e. The van der Waals surface area contributed by atoms with E-state index >= 15 is 0 Å². The van der Waals surface area contributed by atoms with E-state index in [9.17, 15) is 5.02 Å². The van der Waals surface area contributed by atoms with Crippen molar-refractivity contribution in [2.45, 2.75) is 52.2 Å². The summed E-state index contributed by atoms with van der Waals surface area (Å²) in [4.78, 5) is 9.00. The second-order valence-electron chi connectivity index (χ2n) is 9.61. The van der Waals surface area contributed by atoms with Gasteiger partial charge in [0.1, 0.15) is 10.8 Å². The van der Waals surface area contributed by atoms with Gasteiger partial charge < -0.3 is 30.4 Å². The number of nitrogens with one attached hydrogen (secondary N) is 3. The van der Waals surface area contributed by atoms with Gasteiger partial charge in [-0.25, -0.2) is 4.98 Å². The number of hydrogen-bond donors (Lipinski definition) is 4. The van der Waals surface area contributed by atoms with Crippen LogP contribution < -0.4 is 26.2 Å². The Kier molecular flexibility index (Phi) is 7.34. The molecule has 3 heterocycles. The van der Waals surface area contributed by atoms with Crippen LogP contribution in [0, 0.1) is 6.92 Å². The van der Waals surface area contributed by atoms with Crippen LogP contribution >= 0.6 is 11.6 Å². The third-order valence-corrected chi connectivity index (χ3v) is 6.85. The minimum atomic E-state index is -0.921. The van der Waals surface area contributed by atoms with E-state index in [0.29, 0.717) is 29.3 Å². The zero-order valence-electron chi connectivity index (χ0n) is 20.8. The molecule has 1 aromatic heterocycles. The average Bonchev–Trinajstić information content (AvgIpc) is 3.23. The first-order chi connectivity index (χ1) is 17.4. The summed E-state index contributed by atoms with van der Waals surface area (Å²) in [5, 5.41) is 20.4. The second-order valence-corrected chi connectivity index (χ2v) is 10.0. The van der Waals surface area contributed by atoms with E-state index in [-0.39, 0.29) is 6.10 Å². The summed E-state index contributed by atoms with van der Waals surface area (Å²) >= 11 is 6.41. The molecule has 188 valence electrons. The molecule has 1 fully saturated rings. The fourth-order valence-electron chi connectivity index (χ4n) is 4.79. The number of aryl methyl sites for hydroxylation is 1. The van der Waals surface area contributed by atoms with Crippen molar-refractivity contribution in [3.63, 3.8) is 0 Å². The van der Waals surface area contributed by atoms with Crippen LogP contribution in [-0.4, -0.2) is 41.3 Å². The van der Waals surface area contributed by atoms with Crippen LogP contribution in [0.15, 0.2) is 36.5 Å². The molecule has 2 aromatic carbocycles. The molecule has 1 saturated heterocycles. The van der Waals surface area contributed by atoms with Gasteiger partial charge >= 0.3 is 7.12 Å². The van der Waals surface area contributed by atoms with Crippen LogP contribution in [0.5, 0.6) is 5.75 Å². The van der Waals surface area contributed by atoms with Gasteiger partial charge in [0, 0.05) is 5.69 Å². The number of benzene rings is 2. The molecule has 0 aliphatic carbocycles. The maximum absolute atomic E-state index is 10.0. The zero-order chi connectivity index (χ0) is 25.2. The van der Waals surface area contributed by atoms with Crippen LogP contribution in [0.1, 0.15) is 49.3 Å². The molecule has 5 rings (SSSR count). The predicted octanol–water partition coefficient (Wildman–Crippen LogP) is 4.40. The van der Waals surface area contributed by atoms with Crippen molar-refractivity contribution >= 4 is 47.3 Å². The highest BCUT2D eigenvalue weighted by Crippen LogP contribution is 2.37. The molecule has 2 aliphatic rings. The number of fused-ring (bicyclic) bond motifs is 1. The van der Waals surface area contributed by atoms with Crippen molar-refractivity contribution < 1.29 is 14.4 Å². The summed E-state index contributed by atoms with van der Waals surface area (Å²) in [7, 11) is -0.921. The highest BCUT2D eigenvalue weighted by Gasteiger charge is 2.27. The Balaban J connectivity index is 1.41. The van der Waals surface area contributed by atoms with Crippen molar-refractivity contribution in [3.05, 3.63) is 58.2 Å². The zero-order valence-corrected chi connectivity index (χ0v) is 21.5. The van der Waals surface area contributed by atoms with Gasteiger partial charge in [-0.15, -0.1) is 0 Å². The molecule has 0 radical (unpaired) electrons. The third kappa shape index (κ3) is 5.44. The summed E-state index contributed by atoms with van der Waals surface area (Å²) in [5.41, 5.74) is 5.81. The highest BCUT2D eigenvalue weighted by atomic mass is 35.5. The minimum absolute atomic E-state index is 0.0247. The van der Waals surface area contributed by atoms with E-state index < -0.39 is 7.12 Å². The van der Waals surface area contributed by atoms with E-state index in [4.69, 9.17) is 21.0 Å².